The number of rotatable bonds is 4. The van der Waals surface area contributed by atoms with Gasteiger partial charge in [0.25, 0.3) is 10.2 Å². The van der Waals surface area contributed by atoms with Crippen LogP contribution in [0.4, 0.5) is 0 Å². The molecule has 1 fully saturated rings. The van der Waals surface area contributed by atoms with E-state index in [1.165, 1.54) is 4.31 Å². The maximum atomic E-state index is 12.4. The number of nitrogens with zero attached hydrogens (tertiary/aromatic N) is 3. The molecule has 0 N–H and O–H groups in total. The molecule has 108 valence electrons. The molecule has 7 heteroatoms. The standard InChI is InChI=1S/C13H17N3O2S2/c1-15(20(17,18)16-8-4-5-9-16)10-13-14-11-6-2-3-7-12(11)19-13/h2-3,6-7H,4-5,8-10H2,1H3. The summed E-state index contributed by atoms with van der Waals surface area (Å²) in [5.74, 6) is 0. The quantitative estimate of drug-likeness (QED) is 0.868. The monoisotopic (exact) mass is 311 g/mol. The van der Waals surface area contributed by atoms with E-state index in [2.05, 4.69) is 4.98 Å². The highest BCUT2D eigenvalue weighted by atomic mass is 32.2. The molecule has 1 aromatic heterocycles. The molecule has 0 unspecified atom stereocenters. The molecule has 20 heavy (non-hydrogen) atoms. The zero-order chi connectivity index (χ0) is 14.2. The second kappa shape index (κ2) is 5.40. The van der Waals surface area contributed by atoms with E-state index in [0.717, 1.165) is 28.1 Å². The van der Waals surface area contributed by atoms with Gasteiger partial charge in [-0.3, -0.25) is 0 Å². The fraction of sp³-hybridized carbons (Fsp3) is 0.462. The molecule has 0 spiro atoms. The second-order valence-electron chi connectivity index (χ2n) is 4.95. The number of hydrogen-bond acceptors (Lipinski definition) is 4. The highest BCUT2D eigenvalue weighted by Gasteiger charge is 2.29. The summed E-state index contributed by atoms with van der Waals surface area (Å²) >= 11 is 1.55. The first-order chi connectivity index (χ1) is 9.57. The third kappa shape index (κ3) is 2.58. The SMILES string of the molecule is CN(Cc1nc2ccccc2s1)S(=O)(=O)N1CCCC1. The van der Waals surface area contributed by atoms with Gasteiger partial charge < -0.3 is 0 Å². The van der Waals surface area contributed by atoms with Crippen LogP contribution in [-0.2, 0) is 16.8 Å². The van der Waals surface area contributed by atoms with Crippen molar-refractivity contribution in [3.05, 3.63) is 29.3 Å². The normalized spacial score (nSPS) is 17.3. The van der Waals surface area contributed by atoms with Crippen LogP contribution in [0.2, 0.25) is 0 Å². The minimum Gasteiger partial charge on any atom is -0.240 e. The summed E-state index contributed by atoms with van der Waals surface area (Å²) in [6.07, 6.45) is 1.91. The molecule has 0 amide bonds. The lowest BCUT2D eigenvalue weighted by atomic mass is 10.3. The van der Waals surface area contributed by atoms with Crippen LogP contribution in [0.5, 0.6) is 0 Å². The van der Waals surface area contributed by atoms with Gasteiger partial charge in [-0.15, -0.1) is 11.3 Å². The van der Waals surface area contributed by atoms with Crippen LogP contribution in [0.3, 0.4) is 0 Å². The Morgan fingerprint density at radius 3 is 2.70 bits per heavy atom. The third-order valence-electron chi connectivity index (χ3n) is 3.48. The molecular weight excluding hydrogens is 294 g/mol. The first-order valence-corrected chi connectivity index (χ1v) is 8.84. The van der Waals surface area contributed by atoms with Gasteiger partial charge in [0.05, 0.1) is 16.8 Å². The molecule has 0 radical (unpaired) electrons. The summed E-state index contributed by atoms with van der Waals surface area (Å²) in [5, 5.41) is 0.830. The maximum absolute atomic E-state index is 12.4. The lowest BCUT2D eigenvalue weighted by Gasteiger charge is -2.22. The predicted octanol–water partition coefficient (Wildman–Crippen LogP) is 2.07. The number of benzene rings is 1. The number of hydrogen-bond donors (Lipinski definition) is 0. The van der Waals surface area contributed by atoms with Crippen molar-refractivity contribution in [2.45, 2.75) is 19.4 Å². The molecule has 0 aliphatic carbocycles. The Balaban J connectivity index is 1.79. The Kier molecular flexibility index (Phi) is 3.76. The lowest BCUT2D eigenvalue weighted by Crippen LogP contribution is -2.39. The first kappa shape index (κ1) is 13.9. The van der Waals surface area contributed by atoms with E-state index >= 15 is 0 Å². The largest absolute Gasteiger partial charge is 0.282 e. The average Bonchev–Trinajstić information content (AvgIpc) is 3.07. The number of aromatic nitrogens is 1. The van der Waals surface area contributed by atoms with Gasteiger partial charge in [0.2, 0.25) is 0 Å². The van der Waals surface area contributed by atoms with Crippen LogP contribution in [0.15, 0.2) is 24.3 Å². The molecule has 0 atom stereocenters. The van der Waals surface area contributed by atoms with Gasteiger partial charge in [-0.25, -0.2) is 4.98 Å². The van der Waals surface area contributed by atoms with Crippen molar-refractivity contribution < 1.29 is 8.42 Å². The summed E-state index contributed by atoms with van der Waals surface area (Å²) in [7, 11) is -1.72. The molecule has 1 aliphatic heterocycles. The van der Waals surface area contributed by atoms with Crippen molar-refractivity contribution in [2.24, 2.45) is 0 Å². The van der Waals surface area contributed by atoms with E-state index in [9.17, 15) is 8.42 Å². The fourth-order valence-electron chi connectivity index (χ4n) is 2.38. The topological polar surface area (TPSA) is 53.5 Å². The lowest BCUT2D eigenvalue weighted by molar-refractivity contribution is 0.391. The van der Waals surface area contributed by atoms with Crippen molar-refractivity contribution in [3.63, 3.8) is 0 Å². The molecule has 5 nitrogen and oxygen atoms in total. The van der Waals surface area contributed by atoms with Crippen LogP contribution in [-0.4, -0.2) is 42.1 Å². The van der Waals surface area contributed by atoms with Crippen molar-refractivity contribution >= 4 is 31.8 Å². The summed E-state index contributed by atoms with van der Waals surface area (Å²) in [6.45, 7) is 1.59. The van der Waals surface area contributed by atoms with E-state index in [4.69, 9.17) is 0 Å². The molecule has 1 aromatic carbocycles. The minimum absolute atomic E-state index is 0.332. The van der Waals surface area contributed by atoms with Gasteiger partial charge in [-0.2, -0.15) is 17.0 Å². The Morgan fingerprint density at radius 2 is 2.00 bits per heavy atom. The van der Waals surface area contributed by atoms with Crippen LogP contribution in [0.25, 0.3) is 10.2 Å². The molecule has 3 rings (SSSR count). The van der Waals surface area contributed by atoms with Crippen LogP contribution < -0.4 is 0 Å². The predicted molar refractivity (Wildman–Crippen MR) is 80.8 cm³/mol. The van der Waals surface area contributed by atoms with Gasteiger partial charge >= 0.3 is 0 Å². The van der Waals surface area contributed by atoms with Gasteiger partial charge in [0.1, 0.15) is 5.01 Å². The Hall–Kier alpha value is -1.02. The van der Waals surface area contributed by atoms with Gasteiger partial charge in [-0.1, -0.05) is 12.1 Å². The molecule has 0 bridgehead atoms. The number of para-hydroxylation sites is 1. The van der Waals surface area contributed by atoms with Gasteiger partial charge in [0, 0.05) is 20.1 Å². The Morgan fingerprint density at radius 1 is 1.30 bits per heavy atom. The third-order valence-corrected chi connectivity index (χ3v) is 6.44. The van der Waals surface area contributed by atoms with Crippen molar-refractivity contribution in [1.82, 2.24) is 13.6 Å². The minimum atomic E-state index is -3.34. The highest BCUT2D eigenvalue weighted by Crippen LogP contribution is 2.24. The highest BCUT2D eigenvalue weighted by molar-refractivity contribution is 7.86. The van der Waals surface area contributed by atoms with E-state index in [1.807, 2.05) is 24.3 Å². The molecule has 0 saturated carbocycles. The average molecular weight is 311 g/mol. The van der Waals surface area contributed by atoms with Crippen LogP contribution in [0, 0.1) is 0 Å². The van der Waals surface area contributed by atoms with Crippen LogP contribution in [0.1, 0.15) is 17.8 Å². The van der Waals surface area contributed by atoms with E-state index in [-0.39, 0.29) is 0 Å². The molecule has 1 aliphatic rings. The second-order valence-corrected chi connectivity index (χ2v) is 8.10. The van der Waals surface area contributed by atoms with Crippen molar-refractivity contribution in [3.8, 4) is 0 Å². The van der Waals surface area contributed by atoms with E-state index in [1.54, 1.807) is 22.7 Å². The maximum Gasteiger partial charge on any atom is 0.282 e. The Bertz CT molecular complexity index is 672. The smallest absolute Gasteiger partial charge is 0.240 e. The molecule has 2 heterocycles. The van der Waals surface area contributed by atoms with Crippen molar-refractivity contribution in [2.75, 3.05) is 20.1 Å². The molecule has 2 aromatic rings. The van der Waals surface area contributed by atoms with Crippen LogP contribution >= 0.6 is 11.3 Å². The first-order valence-electron chi connectivity index (χ1n) is 6.63. The van der Waals surface area contributed by atoms with E-state index in [0.29, 0.717) is 19.6 Å². The van der Waals surface area contributed by atoms with Gasteiger partial charge in [-0.05, 0) is 25.0 Å². The number of fused-ring (bicyclic) bond motifs is 1. The fourth-order valence-corrected chi connectivity index (χ4v) is 4.88. The Labute approximate surface area is 123 Å². The van der Waals surface area contributed by atoms with Gasteiger partial charge in [0.15, 0.2) is 0 Å². The summed E-state index contributed by atoms with van der Waals surface area (Å²) in [6, 6.07) is 7.86. The summed E-state index contributed by atoms with van der Waals surface area (Å²) in [5.41, 5.74) is 0.930. The molecule has 1 saturated heterocycles. The molecular formula is C13H17N3O2S2. The number of thiazole rings is 1. The summed E-state index contributed by atoms with van der Waals surface area (Å²) in [4.78, 5) is 4.49. The van der Waals surface area contributed by atoms with E-state index < -0.39 is 10.2 Å². The summed E-state index contributed by atoms with van der Waals surface area (Å²) < 4.78 is 28.8. The zero-order valence-electron chi connectivity index (χ0n) is 11.3. The van der Waals surface area contributed by atoms with Crippen molar-refractivity contribution in [1.29, 1.82) is 0 Å². The zero-order valence-corrected chi connectivity index (χ0v) is 13.0.